The fraction of sp³-hybridized carbons (Fsp3) is 0.286. The van der Waals surface area contributed by atoms with E-state index in [1.807, 2.05) is 31.2 Å². The summed E-state index contributed by atoms with van der Waals surface area (Å²) in [6.45, 7) is 2.81. The minimum Gasteiger partial charge on any atom is -0.282 e. The maximum atomic E-state index is 11.1. The molecule has 0 saturated carbocycles. The first kappa shape index (κ1) is 13.8. The number of nitroso groups, excluding NO2 is 1. The number of hydrogen-bond acceptors (Lipinski definition) is 4. The number of aryl methyl sites for hydroxylation is 2. The van der Waals surface area contributed by atoms with Crippen LogP contribution in [0.2, 0.25) is 5.02 Å². The third-order valence-corrected chi connectivity index (χ3v) is 3.69. The van der Waals surface area contributed by atoms with Gasteiger partial charge in [-0.3, -0.25) is 9.67 Å². The van der Waals surface area contributed by atoms with Crippen molar-refractivity contribution >= 4 is 23.1 Å². The first-order valence-corrected chi connectivity index (χ1v) is 6.94. The van der Waals surface area contributed by atoms with Crippen molar-refractivity contribution in [1.82, 2.24) is 9.78 Å². The molecule has 2 aromatic rings. The molecule has 0 amide bonds. The summed E-state index contributed by atoms with van der Waals surface area (Å²) in [7, 11) is 1.80. The Morgan fingerprint density at radius 2 is 2.19 bits per heavy atom. The summed E-state index contributed by atoms with van der Waals surface area (Å²) in [5, 5.41) is 9.53. The van der Waals surface area contributed by atoms with Gasteiger partial charge in [0.25, 0.3) is 0 Å². The van der Waals surface area contributed by atoms with E-state index >= 15 is 0 Å². The van der Waals surface area contributed by atoms with Gasteiger partial charge in [0.05, 0.1) is 35.3 Å². The van der Waals surface area contributed by atoms with Gasteiger partial charge in [0.2, 0.25) is 0 Å². The minimum absolute atomic E-state index is 0.430. The molecule has 0 N–H and O–H groups in total. The molecule has 0 bridgehead atoms. The maximum absolute atomic E-state index is 11.1. The summed E-state index contributed by atoms with van der Waals surface area (Å²) < 4.78 is 1.66. The van der Waals surface area contributed by atoms with E-state index in [0.29, 0.717) is 23.9 Å². The van der Waals surface area contributed by atoms with Gasteiger partial charge in [0, 0.05) is 17.6 Å². The van der Waals surface area contributed by atoms with E-state index in [4.69, 9.17) is 11.6 Å². The monoisotopic (exact) mass is 303 g/mol. The Labute approximate surface area is 127 Å². The second-order valence-corrected chi connectivity index (χ2v) is 5.29. The number of anilines is 1. The molecule has 1 aromatic heterocycles. The summed E-state index contributed by atoms with van der Waals surface area (Å²) in [6, 6.07) is 7.51. The zero-order chi connectivity index (χ0) is 15.0. The smallest absolute Gasteiger partial charge is 0.159 e. The van der Waals surface area contributed by atoms with Crippen LogP contribution in [-0.2, 0) is 7.05 Å². The number of aromatic nitrogens is 2. The standard InChI is InChI=1S/C14H14ClN5O/c1-9-12-13(10-4-3-5-11(15)8-10)16-6-7-20(18-21)14(12)19(2)17-9/h3-5,8H,6-7H2,1-2H3. The van der Waals surface area contributed by atoms with E-state index in [9.17, 15) is 4.91 Å². The van der Waals surface area contributed by atoms with E-state index < -0.39 is 0 Å². The third-order valence-electron chi connectivity index (χ3n) is 3.45. The van der Waals surface area contributed by atoms with Gasteiger partial charge < -0.3 is 0 Å². The van der Waals surface area contributed by atoms with Crippen LogP contribution >= 0.6 is 11.6 Å². The second kappa shape index (κ2) is 5.29. The van der Waals surface area contributed by atoms with Crippen LogP contribution in [0.1, 0.15) is 16.8 Å². The fourth-order valence-corrected chi connectivity index (χ4v) is 2.80. The number of benzene rings is 1. The van der Waals surface area contributed by atoms with Crippen molar-refractivity contribution in [2.45, 2.75) is 6.92 Å². The normalized spacial score (nSPS) is 14.4. The predicted molar refractivity (Wildman–Crippen MR) is 83.0 cm³/mol. The quantitative estimate of drug-likeness (QED) is 0.801. The van der Waals surface area contributed by atoms with E-state index in [1.54, 1.807) is 11.7 Å². The lowest BCUT2D eigenvalue weighted by Gasteiger charge is -2.13. The van der Waals surface area contributed by atoms with Crippen molar-refractivity contribution in [1.29, 1.82) is 0 Å². The first-order valence-electron chi connectivity index (χ1n) is 6.57. The van der Waals surface area contributed by atoms with E-state index in [1.165, 1.54) is 5.01 Å². The van der Waals surface area contributed by atoms with Gasteiger partial charge in [-0.05, 0) is 19.1 Å². The number of aliphatic imine (C=N–C) groups is 1. The van der Waals surface area contributed by atoms with Gasteiger partial charge in [-0.25, -0.2) is 5.01 Å². The topological polar surface area (TPSA) is 62.9 Å². The van der Waals surface area contributed by atoms with Gasteiger partial charge in [-0.15, -0.1) is 4.91 Å². The van der Waals surface area contributed by atoms with E-state index in [0.717, 1.165) is 22.5 Å². The molecule has 108 valence electrons. The molecule has 0 saturated heterocycles. The van der Waals surface area contributed by atoms with Gasteiger partial charge in [0.15, 0.2) is 5.82 Å². The minimum atomic E-state index is 0.430. The molecule has 6 nitrogen and oxygen atoms in total. The maximum Gasteiger partial charge on any atom is 0.159 e. The molecule has 0 radical (unpaired) electrons. The molecular formula is C14H14ClN5O. The Balaban J connectivity index is 2.23. The van der Waals surface area contributed by atoms with Crippen LogP contribution in [0, 0.1) is 11.8 Å². The summed E-state index contributed by atoms with van der Waals surface area (Å²) >= 11 is 6.08. The highest BCUT2D eigenvalue weighted by molar-refractivity contribution is 6.31. The largest absolute Gasteiger partial charge is 0.282 e. The van der Waals surface area contributed by atoms with Crippen LogP contribution in [0.4, 0.5) is 5.82 Å². The summed E-state index contributed by atoms with van der Waals surface area (Å²) in [6.07, 6.45) is 0. The lowest BCUT2D eigenvalue weighted by Crippen LogP contribution is -2.21. The van der Waals surface area contributed by atoms with Gasteiger partial charge in [-0.2, -0.15) is 5.10 Å². The average molecular weight is 304 g/mol. The van der Waals surface area contributed by atoms with Crippen LogP contribution in [0.25, 0.3) is 0 Å². The summed E-state index contributed by atoms with van der Waals surface area (Å²) in [5.74, 6) is 0.665. The Morgan fingerprint density at radius 3 is 2.90 bits per heavy atom. The van der Waals surface area contributed by atoms with Crippen LogP contribution in [0.5, 0.6) is 0 Å². The molecular weight excluding hydrogens is 290 g/mol. The van der Waals surface area contributed by atoms with Crippen molar-refractivity contribution < 1.29 is 0 Å². The lowest BCUT2D eigenvalue weighted by molar-refractivity contribution is 0.710. The molecule has 0 unspecified atom stereocenters. The first-order chi connectivity index (χ1) is 10.1. The van der Waals surface area contributed by atoms with Crippen molar-refractivity contribution in [2.75, 3.05) is 18.1 Å². The van der Waals surface area contributed by atoms with E-state index in [2.05, 4.69) is 15.4 Å². The van der Waals surface area contributed by atoms with Crippen molar-refractivity contribution in [2.24, 2.45) is 17.3 Å². The molecule has 0 atom stereocenters. The number of hydrogen-bond donors (Lipinski definition) is 0. The highest BCUT2D eigenvalue weighted by Gasteiger charge is 2.27. The molecule has 3 rings (SSSR count). The van der Waals surface area contributed by atoms with Crippen LogP contribution in [0.15, 0.2) is 34.5 Å². The number of nitrogens with zero attached hydrogens (tertiary/aromatic N) is 5. The Hall–Kier alpha value is -2.21. The predicted octanol–water partition coefficient (Wildman–Crippen LogP) is 2.72. The molecule has 1 aliphatic rings. The Morgan fingerprint density at radius 1 is 1.38 bits per heavy atom. The number of rotatable bonds is 2. The zero-order valence-electron chi connectivity index (χ0n) is 11.7. The van der Waals surface area contributed by atoms with Crippen molar-refractivity contribution in [3.63, 3.8) is 0 Å². The average Bonchev–Trinajstić information content (AvgIpc) is 2.65. The summed E-state index contributed by atoms with van der Waals surface area (Å²) in [5.41, 5.74) is 3.34. The number of fused-ring (bicyclic) bond motifs is 1. The Bertz CT molecular complexity index is 737. The Kier molecular flexibility index (Phi) is 3.47. The fourth-order valence-electron chi connectivity index (χ4n) is 2.61. The van der Waals surface area contributed by atoms with Gasteiger partial charge in [-0.1, -0.05) is 23.7 Å². The van der Waals surface area contributed by atoms with Crippen molar-refractivity contribution in [3.8, 4) is 0 Å². The third kappa shape index (κ3) is 2.31. The molecule has 7 heteroatoms. The lowest BCUT2D eigenvalue weighted by atomic mass is 10.0. The summed E-state index contributed by atoms with van der Waals surface area (Å²) in [4.78, 5) is 15.7. The molecule has 0 spiro atoms. The highest BCUT2D eigenvalue weighted by Crippen LogP contribution is 2.29. The van der Waals surface area contributed by atoms with Gasteiger partial charge in [0.1, 0.15) is 0 Å². The van der Waals surface area contributed by atoms with Gasteiger partial charge >= 0.3 is 0 Å². The SMILES string of the molecule is Cc1nn(C)c2c1C(c1cccc(Cl)c1)=NCCN2N=O. The second-order valence-electron chi connectivity index (χ2n) is 4.85. The molecule has 0 fully saturated rings. The molecule has 0 aliphatic carbocycles. The zero-order valence-corrected chi connectivity index (χ0v) is 12.5. The number of halogens is 1. The highest BCUT2D eigenvalue weighted by atomic mass is 35.5. The van der Waals surface area contributed by atoms with Crippen LogP contribution < -0.4 is 5.01 Å². The van der Waals surface area contributed by atoms with Crippen LogP contribution in [0.3, 0.4) is 0 Å². The molecule has 1 aromatic carbocycles. The molecule has 2 heterocycles. The van der Waals surface area contributed by atoms with E-state index in [-0.39, 0.29) is 0 Å². The van der Waals surface area contributed by atoms with Crippen LogP contribution in [-0.4, -0.2) is 28.6 Å². The molecule has 21 heavy (non-hydrogen) atoms. The molecule has 1 aliphatic heterocycles. The van der Waals surface area contributed by atoms with Crippen molar-refractivity contribution in [3.05, 3.63) is 51.0 Å².